The van der Waals surface area contributed by atoms with Crippen LogP contribution in [-0.2, 0) is 6.42 Å². The SMILES string of the molecule is CCC(O)C(O)Cc1ccc(F)c(Br)c1. The number of aliphatic hydroxyl groups is 2. The van der Waals surface area contributed by atoms with E-state index < -0.39 is 12.2 Å². The summed E-state index contributed by atoms with van der Waals surface area (Å²) in [6.07, 6.45) is -0.696. The van der Waals surface area contributed by atoms with Crippen molar-refractivity contribution in [3.8, 4) is 0 Å². The van der Waals surface area contributed by atoms with E-state index in [0.717, 1.165) is 5.56 Å². The second kappa shape index (κ2) is 5.58. The van der Waals surface area contributed by atoms with Crippen molar-refractivity contribution in [3.63, 3.8) is 0 Å². The molecule has 4 heteroatoms. The van der Waals surface area contributed by atoms with Crippen molar-refractivity contribution in [2.45, 2.75) is 32.0 Å². The molecule has 0 fully saturated rings. The van der Waals surface area contributed by atoms with Crippen molar-refractivity contribution in [1.82, 2.24) is 0 Å². The molecule has 0 aliphatic carbocycles. The monoisotopic (exact) mass is 276 g/mol. The molecule has 0 heterocycles. The predicted molar refractivity (Wildman–Crippen MR) is 60.1 cm³/mol. The van der Waals surface area contributed by atoms with Crippen LogP contribution < -0.4 is 0 Å². The zero-order valence-electron chi connectivity index (χ0n) is 8.45. The predicted octanol–water partition coefficient (Wildman–Crippen LogP) is 2.26. The van der Waals surface area contributed by atoms with Crippen LogP contribution in [0.2, 0.25) is 0 Å². The third kappa shape index (κ3) is 3.55. The third-order valence-corrected chi connectivity index (χ3v) is 2.90. The van der Waals surface area contributed by atoms with Gasteiger partial charge in [0.25, 0.3) is 0 Å². The summed E-state index contributed by atoms with van der Waals surface area (Å²) >= 11 is 3.07. The Morgan fingerprint density at radius 3 is 2.53 bits per heavy atom. The summed E-state index contributed by atoms with van der Waals surface area (Å²) in [6, 6.07) is 4.55. The molecule has 0 aliphatic heterocycles. The number of halogens is 2. The van der Waals surface area contributed by atoms with E-state index in [2.05, 4.69) is 15.9 Å². The molecule has 2 N–H and O–H groups in total. The van der Waals surface area contributed by atoms with E-state index >= 15 is 0 Å². The highest BCUT2D eigenvalue weighted by molar-refractivity contribution is 9.10. The van der Waals surface area contributed by atoms with E-state index in [1.165, 1.54) is 6.07 Å². The minimum absolute atomic E-state index is 0.327. The molecule has 2 atom stereocenters. The lowest BCUT2D eigenvalue weighted by Gasteiger charge is -2.16. The van der Waals surface area contributed by atoms with Gasteiger partial charge in [-0.2, -0.15) is 0 Å². The Balaban J connectivity index is 2.68. The largest absolute Gasteiger partial charge is 0.390 e. The number of rotatable bonds is 4. The highest BCUT2D eigenvalue weighted by Crippen LogP contribution is 2.18. The Hall–Kier alpha value is -0.450. The van der Waals surface area contributed by atoms with Gasteiger partial charge in [-0.3, -0.25) is 0 Å². The van der Waals surface area contributed by atoms with Gasteiger partial charge in [0.1, 0.15) is 5.82 Å². The minimum atomic E-state index is -0.799. The van der Waals surface area contributed by atoms with Crippen molar-refractivity contribution in [3.05, 3.63) is 34.1 Å². The minimum Gasteiger partial charge on any atom is -0.390 e. The Morgan fingerprint density at radius 1 is 1.33 bits per heavy atom. The van der Waals surface area contributed by atoms with Gasteiger partial charge in [-0.15, -0.1) is 0 Å². The number of hydrogen-bond donors (Lipinski definition) is 2. The summed E-state index contributed by atoms with van der Waals surface area (Å²) in [6.45, 7) is 1.80. The van der Waals surface area contributed by atoms with Gasteiger partial charge in [-0.1, -0.05) is 13.0 Å². The smallest absolute Gasteiger partial charge is 0.137 e. The lowest BCUT2D eigenvalue weighted by molar-refractivity contribution is 0.0181. The molecule has 0 amide bonds. The van der Waals surface area contributed by atoms with Crippen LogP contribution in [0, 0.1) is 5.82 Å². The highest BCUT2D eigenvalue weighted by atomic mass is 79.9. The number of benzene rings is 1. The Morgan fingerprint density at radius 2 is 2.00 bits per heavy atom. The van der Waals surface area contributed by atoms with Crippen molar-refractivity contribution < 1.29 is 14.6 Å². The molecule has 2 nitrogen and oxygen atoms in total. The van der Waals surface area contributed by atoms with Gasteiger partial charge in [0.05, 0.1) is 16.7 Å². The van der Waals surface area contributed by atoms with Crippen LogP contribution in [0.3, 0.4) is 0 Å². The van der Waals surface area contributed by atoms with E-state index in [9.17, 15) is 14.6 Å². The molecule has 1 aromatic rings. The Kier molecular flexibility index (Phi) is 4.70. The topological polar surface area (TPSA) is 40.5 Å². The van der Waals surface area contributed by atoms with Gasteiger partial charge in [0.15, 0.2) is 0 Å². The van der Waals surface area contributed by atoms with Gasteiger partial charge < -0.3 is 10.2 Å². The van der Waals surface area contributed by atoms with Gasteiger partial charge in [-0.25, -0.2) is 4.39 Å². The standard InChI is InChI=1S/C11H14BrFO2/c1-2-10(14)11(15)6-7-3-4-9(13)8(12)5-7/h3-5,10-11,14-15H,2,6H2,1H3. The second-order valence-corrected chi connectivity index (χ2v) is 4.35. The van der Waals surface area contributed by atoms with Crippen LogP contribution in [0.5, 0.6) is 0 Å². The zero-order chi connectivity index (χ0) is 11.4. The summed E-state index contributed by atoms with van der Waals surface area (Å²) in [4.78, 5) is 0. The molecule has 0 aliphatic rings. The molecule has 0 spiro atoms. The van der Waals surface area contributed by atoms with E-state index in [-0.39, 0.29) is 5.82 Å². The quantitative estimate of drug-likeness (QED) is 0.886. The first kappa shape index (κ1) is 12.6. The van der Waals surface area contributed by atoms with Crippen LogP contribution in [0.1, 0.15) is 18.9 Å². The summed E-state index contributed by atoms with van der Waals surface area (Å²) < 4.78 is 13.3. The Labute approximate surface area is 96.9 Å². The zero-order valence-corrected chi connectivity index (χ0v) is 10.0. The average molecular weight is 277 g/mol. The number of aliphatic hydroxyl groups excluding tert-OH is 2. The first-order valence-corrected chi connectivity index (χ1v) is 5.64. The van der Waals surface area contributed by atoms with Gasteiger partial charge in [0, 0.05) is 6.42 Å². The Bertz CT molecular complexity index is 330. The highest BCUT2D eigenvalue weighted by Gasteiger charge is 2.15. The maximum atomic E-state index is 12.9. The van der Waals surface area contributed by atoms with Crippen LogP contribution >= 0.6 is 15.9 Å². The average Bonchev–Trinajstić information content (AvgIpc) is 2.22. The fourth-order valence-corrected chi connectivity index (χ4v) is 1.74. The third-order valence-electron chi connectivity index (χ3n) is 2.29. The van der Waals surface area contributed by atoms with Crippen molar-refractivity contribution in [1.29, 1.82) is 0 Å². The molecule has 0 bridgehead atoms. The van der Waals surface area contributed by atoms with Crippen LogP contribution in [0.15, 0.2) is 22.7 Å². The van der Waals surface area contributed by atoms with Crippen LogP contribution in [-0.4, -0.2) is 22.4 Å². The van der Waals surface area contributed by atoms with Crippen molar-refractivity contribution in [2.24, 2.45) is 0 Å². The van der Waals surface area contributed by atoms with Crippen LogP contribution in [0.4, 0.5) is 4.39 Å². The second-order valence-electron chi connectivity index (χ2n) is 3.50. The lowest BCUT2D eigenvalue weighted by atomic mass is 10.0. The summed E-state index contributed by atoms with van der Waals surface area (Å²) in [7, 11) is 0. The lowest BCUT2D eigenvalue weighted by Crippen LogP contribution is -2.27. The summed E-state index contributed by atoms with van der Waals surface area (Å²) in [5.74, 6) is -0.329. The first-order chi connectivity index (χ1) is 7.04. The maximum absolute atomic E-state index is 12.9. The summed E-state index contributed by atoms with van der Waals surface area (Å²) in [5, 5.41) is 18.9. The molecule has 0 saturated heterocycles. The molecular formula is C11H14BrFO2. The molecule has 15 heavy (non-hydrogen) atoms. The van der Waals surface area contributed by atoms with Crippen LogP contribution in [0.25, 0.3) is 0 Å². The van der Waals surface area contributed by atoms with Gasteiger partial charge >= 0.3 is 0 Å². The molecule has 0 radical (unpaired) electrons. The maximum Gasteiger partial charge on any atom is 0.137 e. The fraction of sp³-hybridized carbons (Fsp3) is 0.455. The van der Waals surface area contributed by atoms with Crippen molar-refractivity contribution >= 4 is 15.9 Å². The fourth-order valence-electron chi connectivity index (χ4n) is 1.32. The molecular weight excluding hydrogens is 263 g/mol. The van der Waals surface area contributed by atoms with E-state index in [4.69, 9.17) is 0 Å². The summed E-state index contributed by atoms with van der Waals surface area (Å²) in [5.41, 5.74) is 0.795. The van der Waals surface area contributed by atoms with E-state index in [1.54, 1.807) is 19.1 Å². The van der Waals surface area contributed by atoms with Gasteiger partial charge in [-0.05, 0) is 40.0 Å². The van der Waals surface area contributed by atoms with Crippen molar-refractivity contribution in [2.75, 3.05) is 0 Å². The molecule has 0 aromatic heterocycles. The molecule has 1 aromatic carbocycles. The number of hydrogen-bond acceptors (Lipinski definition) is 2. The molecule has 84 valence electrons. The van der Waals surface area contributed by atoms with E-state index in [1.807, 2.05) is 0 Å². The normalized spacial score (nSPS) is 15.0. The molecule has 2 unspecified atom stereocenters. The van der Waals surface area contributed by atoms with E-state index in [0.29, 0.717) is 17.3 Å². The van der Waals surface area contributed by atoms with Gasteiger partial charge in [0.2, 0.25) is 0 Å². The molecule has 1 rings (SSSR count). The molecule has 0 saturated carbocycles. The first-order valence-electron chi connectivity index (χ1n) is 4.84.